The van der Waals surface area contributed by atoms with E-state index in [-0.39, 0.29) is 16.4 Å². The van der Waals surface area contributed by atoms with Gasteiger partial charge in [-0.3, -0.25) is 4.79 Å². The van der Waals surface area contributed by atoms with E-state index in [1.54, 1.807) is 24.3 Å². The van der Waals surface area contributed by atoms with Crippen molar-refractivity contribution in [3.8, 4) is 0 Å². The molecule has 0 atom stereocenters. The number of benzene rings is 1. The van der Waals surface area contributed by atoms with E-state index in [0.717, 1.165) is 31.2 Å². The van der Waals surface area contributed by atoms with Crippen molar-refractivity contribution in [3.05, 3.63) is 29.8 Å². The van der Waals surface area contributed by atoms with Gasteiger partial charge in [-0.2, -0.15) is 8.42 Å². The molecule has 6 heteroatoms. The Labute approximate surface area is 141 Å². The lowest BCUT2D eigenvalue weighted by atomic mass is 10.2. The third-order valence-corrected chi connectivity index (χ3v) is 9.66. The molecule has 0 aliphatic carbocycles. The second-order valence-electron chi connectivity index (χ2n) is 6.20. The summed E-state index contributed by atoms with van der Waals surface area (Å²) in [4.78, 5) is 12.3. The highest BCUT2D eigenvalue weighted by Gasteiger charge is 2.35. The molecule has 0 bridgehead atoms. The number of carbonyl (C=O) groups excluding carboxylic acids is 1. The van der Waals surface area contributed by atoms with Gasteiger partial charge in [0.05, 0.1) is 10.6 Å². The largest absolute Gasteiger partial charge is 0.306 e. The first-order valence-electron chi connectivity index (χ1n) is 8.18. The Morgan fingerprint density at radius 3 is 2.30 bits per heavy atom. The van der Waals surface area contributed by atoms with Crippen LogP contribution in [0.15, 0.2) is 29.2 Å². The summed E-state index contributed by atoms with van der Waals surface area (Å²) in [6, 6.07) is 6.69. The first-order chi connectivity index (χ1) is 10.9. The average molecular weight is 359 g/mol. The van der Waals surface area contributed by atoms with Crippen LogP contribution in [0.3, 0.4) is 0 Å². The van der Waals surface area contributed by atoms with Crippen LogP contribution < -0.4 is 0 Å². The summed E-state index contributed by atoms with van der Waals surface area (Å²) < 4.78 is 31.0. The van der Waals surface area contributed by atoms with Gasteiger partial charge in [-0.25, -0.2) is 3.63 Å². The molecule has 0 unspecified atom stereocenters. The Morgan fingerprint density at radius 1 is 1.13 bits per heavy atom. The van der Waals surface area contributed by atoms with Gasteiger partial charge in [0.1, 0.15) is 5.78 Å². The van der Waals surface area contributed by atoms with Crippen LogP contribution >= 0.6 is 10.3 Å². The number of ketones is 1. The Balaban J connectivity index is 2.22. The molecule has 0 aromatic heterocycles. The molecule has 1 fully saturated rings. The van der Waals surface area contributed by atoms with Crippen LogP contribution in [0.5, 0.6) is 0 Å². The van der Waals surface area contributed by atoms with Crippen molar-refractivity contribution in [2.24, 2.45) is 0 Å². The van der Waals surface area contributed by atoms with Gasteiger partial charge in [-0.05, 0) is 38.3 Å². The molecule has 0 radical (unpaired) electrons. The molecule has 1 aliphatic rings. The first-order valence-corrected chi connectivity index (χ1v) is 11.7. The summed E-state index contributed by atoms with van der Waals surface area (Å²) in [5.74, 6) is 1.84. The highest BCUT2D eigenvalue weighted by molar-refractivity contribution is 8.33. The van der Waals surface area contributed by atoms with Crippen molar-refractivity contribution < 1.29 is 16.8 Å². The van der Waals surface area contributed by atoms with E-state index in [0.29, 0.717) is 17.9 Å². The molecule has 23 heavy (non-hydrogen) atoms. The van der Waals surface area contributed by atoms with Crippen LogP contribution in [0.1, 0.15) is 44.6 Å². The zero-order chi connectivity index (χ0) is 16.9. The fourth-order valence-corrected chi connectivity index (χ4v) is 8.55. The highest BCUT2D eigenvalue weighted by Crippen LogP contribution is 2.55. The molecular formula is C17H26O4S2. The quantitative estimate of drug-likeness (QED) is 0.740. The Bertz CT molecular complexity index is 629. The number of Topliss-reactive ketones (excluding diaryl/α,β-unsaturated/α-hetero) is 1. The summed E-state index contributed by atoms with van der Waals surface area (Å²) >= 11 is 0. The van der Waals surface area contributed by atoms with Crippen LogP contribution in [0.2, 0.25) is 0 Å². The maximum atomic E-state index is 12.6. The smallest absolute Gasteiger partial charge is 0.299 e. The SMILES string of the molecule is CCCC(=O)CS1(OS(=O)(=O)c2ccc(C)cc2)CCCCC1. The molecule has 0 N–H and O–H groups in total. The lowest BCUT2D eigenvalue weighted by Crippen LogP contribution is -2.27. The van der Waals surface area contributed by atoms with E-state index in [2.05, 4.69) is 0 Å². The minimum Gasteiger partial charge on any atom is -0.299 e. The van der Waals surface area contributed by atoms with Crippen LogP contribution in [0, 0.1) is 6.92 Å². The number of hydrogen-bond donors (Lipinski definition) is 0. The summed E-state index contributed by atoms with van der Waals surface area (Å²) in [7, 11) is -5.68. The molecule has 130 valence electrons. The first kappa shape index (κ1) is 18.5. The summed E-state index contributed by atoms with van der Waals surface area (Å²) in [6.07, 6.45) is 4.27. The fourth-order valence-electron chi connectivity index (χ4n) is 2.82. The van der Waals surface area contributed by atoms with Crippen molar-refractivity contribution in [1.82, 2.24) is 0 Å². The second-order valence-corrected chi connectivity index (χ2v) is 11.2. The van der Waals surface area contributed by atoms with E-state index < -0.39 is 20.4 Å². The molecule has 1 saturated heterocycles. The van der Waals surface area contributed by atoms with Crippen LogP contribution in [-0.4, -0.2) is 31.5 Å². The van der Waals surface area contributed by atoms with E-state index in [1.165, 1.54) is 0 Å². The molecule has 1 aromatic carbocycles. The van der Waals surface area contributed by atoms with Gasteiger partial charge in [0.2, 0.25) is 0 Å². The van der Waals surface area contributed by atoms with Crippen LogP contribution in [0.25, 0.3) is 0 Å². The monoisotopic (exact) mass is 358 g/mol. The highest BCUT2D eigenvalue weighted by atomic mass is 32.3. The predicted molar refractivity (Wildman–Crippen MR) is 95.4 cm³/mol. The Morgan fingerprint density at radius 2 is 1.74 bits per heavy atom. The van der Waals surface area contributed by atoms with E-state index in [9.17, 15) is 13.2 Å². The van der Waals surface area contributed by atoms with E-state index in [4.69, 9.17) is 3.63 Å². The molecular weight excluding hydrogens is 332 g/mol. The van der Waals surface area contributed by atoms with Crippen molar-refractivity contribution >= 4 is 26.2 Å². The Kier molecular flexibility index (Phi) is 6.28. The third-order valence-electron chi connectivity index (χ3n) is 4.03. The van der Waals surface area contributed by atoms with Crippen molar-refractivity contribution in [1.29, 1.82) is 0 Å². The minimum absolute atomic E-state index is 0.128. The number of hydrogen-bond acceptors (Lipinski definition) is 4. The van der Waals surface area contributed by atoms with Crippen LogP contribution in [0.4, 0.5) is 0 Å². The predicted octanol–water partition coefficient (Wildman–Crippen LogP) is 3.97. The molecule has 1 heterocycles. The second kappa shape index (κ2) is 7.81. The maximum Gasteiger partial charge on any atom is 0.306 e. The lowest BCUT2D eigenvalue weighted by molar-refractivity contribution is -0.116. The van der Waals surface area contributed by atoms with E-state index >= 15 is 0 Å². The zero-order valence-corrected chi connectivity index (χ0v) is 15.5. The van der Waals surface area contributed by atoms with Crippen LogP contribution in [-0.2, 0) is 18.5 Å². The normalized spacial score (nSPS) is 19.2. The Hall–Kier alpha value is -0.850. The number of rotatable bonds is 7. The van der Waals surface area contributed by atoms with Gasteiger partial charge in [0.15, 0.2) is 0 Å². The van der Waals surface area contributed by atoms with Gasteiger partial charge in [-0.1, -0.05) is 31.0 Å². The van der Waals surface area contributed by atoms with Gasteiger partial charge in [0, 0.05) is 17.9 Å². The molecule has 4 nitrogen and oxygen atoms in total. The summed E-state index contributed by atoms with van der Waals surface area (Å²) in [6.45, 7) is 3.87. The average Bonchev–Trinajstić information content (AvgIpc) is 2.48. The topological polar surface area (TPSA) is 60.4 Å². The molecule has 0 amide bonds. The number of aryl methyl sites for hydroxylation is 1. The number of carbonyl (C=O) groups is 1. The van der Waals surface area contributed by atoms with Gasteiger partial charge in [-0.15, -0.1) is 10.3 Å². The van der Waals surface area contributed by atoms with Gasteiger partial charge >= 0.3 is 10.1 Å². The fraction of sp³-hybridized carbons (Fsp3) is 0.588. The molecule has 2 rings (SSSR count). The summed E-state index contributed by atoms with van der Waals surface area (Å²) in [5.41, 5.74) is 1.00. The van der Waals surface area contributed by atoms with E-state index in [1.807, 2.05) is 13.8 Å². The minimum atomic E-state index is -3.81. The van der Waals surface area contributed by atoms with Crippen molar-refractivity contribution in [2.45, 2.75) is 50.8 Å². The van der Waals surface area contributed by atoms with Crippen molar-refractivity contribution in [2.75, 3.05) is 17.3 Å². The van der Waals surface area contributed by atoms with Gasteiger partial charge in [0.25, 0.3) is 0 Å². The molecule has 1 aromatic rings. The molecule has 1 aliphatic heterocycles. The van der Waals surface area contributed by atoms with Gasteiger partial charge < -0.3 is 0 Å². The lowest BCUT2D eigenvalue weighted by Gasteiger charge is -2.40. The summed E-state index contributed by atoms with van der Waals surface area (Å²) in [5, 5.41) is 0. The third kappa shape index (κ3) is 5.06. The van der Waals surface area contributed by atoms with Crippen molar-refractivity contribution in [3.63, 3.8) is 0 Å². The molecule has 0 spiro atoms. The zero-order valence-electron chi connectivity index (χ0n) is 13.9. The maximum absolute atomic E-state index is 12.6. The standard InChI is InChI=1S/C17H26O4S2/c1-3-7-16(18)14-22(12-5-4-6-13-22)21-23(19,20)17-10-8-15(2)9-11-17/h8-11H,3-7,12-14H2,1-2H3. The molecule has 0 saturated carbocycles.